The van der Waals surface area contributed by atoms with Crippen molar-refractivity contribution in [3.63, 3.8) is 0 Å². The zero-order chi connectivity index (χ0) is 20.5. The van der Waals surface area contributed by atoms with Crippen molar-refractivity contribution in [2.24, 2.45) is 0 Å². The highest BCUT2D eigenvalue weighted by molar-refractivity contribution is 4.57. The molecule has 0 saturated heterocycles. The highest BCUT2D eigenvalue weighted by Crippen LogP contribution is 2.12. The van der Waals surface area contributed by atoms with Gasteiger partial charge in [-0.15, -0.1) is 0 Å². The fourth-order valence-corrected chi connectivity index (χ4v) is 4.07. The summed E-state index contributed by atoms with van der Waals surface area (Å²) >= 11 is 0. The van der Waals surface area contributed by atoms with Crippen LogP contribution in [0.1, 0.15) is 136 Å². The molecule has 0 unspecified atom stereocenters. The summed E-state index contributed by atoms with van der Waals surface area (Å²) in [6.07, 6.45) is 27.0. The Morgan fingerprint density at radius 3 is 1.18 bits per heavy atom. The summed E-state index contributed by atoms with van der Waals surface area (Å²) in [5.74, 6) is 0. The second-order valence-corrected chi connectivity index (χ2v) is 8.79. The van der Waals surface area contributed by atoms with Crippen LogP contribution in [0.2, 0.25) is 0 Å². The van der Waals surface area contributed by atoms with E-state index < -0.39 is 0 Å². The van der Waals surface area contributed by atoms with E-state index in [1.165, 1.54) is 142 Å². The first-order valence-corrected chi connectivity index (χ1v) is 13.1. The van der Waals surface area contributed by atoms with Crippen molar-refractivity contribution in [2.75, 3.05) is 33.4 Å². The Morgan fingerprint density at radius 2 is 0.821 bits per heavy atom. The van der Waals surface area contributed by atoms with Gasteiger partial charge < -0.3 is 9.64 Å². The molecule has 0 spiro atoms. The van der Waals surface area contributed by atoms with E-state index in [1.807, 2.05) is 0 Å². The van der Waals surface area contributed by atoms with E-state index in [-0.39, 0.29) is 0 Å². The second kappa shape index (κ2) is 25.0. The zero-order valence-corrected chi connectivity index (χ0v) is 20.1. The van der Waals surface area contributed by atoms with Gasteiger partial charge in [0.05, 0.1) is 0 Å². The molecule has 0 aromatic heterocycles. The lowest BCUT2D eigenvalue weighted by molar-refractivity contribution is 0.192. The molecule has 0 heterocycles. The third kappa shape index (κ3) is 22.2. The molecule has 0 bridgehead atoms. The minimum absolute atomic E-state index is 0.938. The molecule has 2 nitrogen and oxygen atoms in total. The summed E-state index contributed by atoms with van der Waals surface area (Å²) in [4.78, 5) is 2.68. The van der Waals surface area contributed by atoms with Crippen LogP contribution in [-0.4, -0.2) is 38.3 Å². The molecule has 0 aromatic rings. The van der Waals surface area contributed by atoms with Crippen LogP contribution < -0.4 is 0 Å². The van der Waals surface area contributed by atoms with E-state index in [1.54, 1.807) is 7.11 Å². The Kier molecular flexibility index (Phi) is 24.9. The van der Waals surface area contributed by atoms with Crippen LogP contribution in [0.5, 0.6) is 0 Å². The standard InChI is InChI=1S/C26H55NO/c1-4-6-7-8-9-10-12-15-18-21-24-27(5-2)25-22-19-16-13-11-14-17-20-23-26-28-3/h4-26H2,1-3H3. The second-order valence-electron chi connectivity index (χ2n) is 8.79. The summed E-state index contributed by atoms with van der Waals surface area (Å²) in [6, 6.07) is 0. The number of hydrogen-bond acceptors (Lipinski definition) is 2. The van der Waals surface area contributed by atoms with Gasteiger partial charge in [0, 0.05) is 13.7 Å². The van der Waals surface area contributed by atoms with Crippen molar-refractivity contribution in [1.29, 1.82) is 0 Å². The van der Waals surface area contributed by atoms with Crippen molar-refractivity contribution in [1.82, 2.24) is 4.90 Å². The average Bonchev–Trinajstić information content (AvgIpc) is 2.71. The maximum atomic E-state index is 5.10. The quantitative estimate of drug-likeness (QED) is 0.152. The zero-order valence-electron chi connectivity index (χ0n) is 20.1. The monoisotopic (exact) mass is 397 g/mol. The molecule has 0 rings (SSSR count). The molecule has 0 aliphatic rings. The van der Waals surface area contributed by atoms with Crippen LogP contribution >= 0.6 is 0 Å². The van der Waals surface area contributed by atoms with Gasteiger partial charge >= 0.3 is 0 Å². The molecular weight excluding hydrogens is 342 g/mol. The highest BCUT2D eigenvalue weighted by atomic mass is 16.5. The maximum Gasteiger partial charge on any atom is 0.0462 e. The Balaban J connectivity index is 3.27. The van der Waals surface area contributed by atoms with Gasteiger partial charge in [-0.3, -0.25) is 0 Å². The minimum Gasteiger partial charge on any atom is -0.385 e. The van der Waals surface area contributed by atoms with E-state index in [2.05, 4.69) is 18.7 Å². The fraction of sp³-hybridized carbons (Fsp3) is 1.00. The Hall–Kier alpha value is -0.0800. The van der Waals surface area contributed by atoms with Crippen LogP contribution in [-0.2, 0) is 4.74 Å². The molecule has 0 atom stereocenters. The topological polar surface area (TPSA) is 12.5 Å². The predicted molar refractivity (Wildman–Crippen MR) is 127 cm³/mol. The number of ether oxygens (including phenoxy) is 1. The van der Waals surface area contributed by atoms with Crippen molar-refractivity contribution in [3.05, 3.63) is 0 Å². The summed E-state index contributed by atoms with van der Waals surface area (Å²) in [5, 5.41) is 0. The number of rotatable bonds is 24. The van der Waals surface area contributed by atoms with E-state index in [4.69, 9.17) is 4.74 Å². The van der Waals surface area contributed by atoms with Crippen molar-refractivity contribution in [2.45, 2.75) is 136 Å². The highest BCUT2D eigenvalue weighted by Gasteiger charge is 2.02. The first-order chi connectivity index (χ1) is 13.8. The van der Waals surface area contributed by atoms with Crippen molar-refractivity contribution >= 4 is 0 Å². The normalized spacial score (nSPS) is 11.6. The molecule has 0 saturated carbocycles. The van der Waals surface area contributed by atoms with Crippen LogP contribution in [0.15, 0.2) is 0 Å². The molecule has 0 aromatic carbocycles. The SMILES string of the molecule is CCCCCCCCCCCCN(CC)CCCCCCCCCCCOC. The van der Waals surface area contributed by atoms with Gasteiger partial charge in [-0.1, -0.05) is 117 Å². The molecule has 0 aliphatic carbocycles. The Morgan fingerprint density at radius 1 is 0.464 bits per heavy atom. The molecule has 2 heteroatoms. The molecule has 28 heavy (non-hydrogen) atoms. The van der Waals surface area contributed by atoms with E-state index in [0.29, 0.717) is 0 Å². The van der Waals surface area contributed by atoms with Crippen LogP contribution in [0.3, 0.4) is 0 Å². The lowest BCUT2D eigenvalue weighted by Gasteiger charge is -2.20. The minimum atomic E-state index is 0.938. The first kappa shape index (κ1) is 27.9. The van der Waals surface area contributed by atoms with Gasteiger partial charge in [0.1, 0.15) is 0 Å². The molecular formula is C26H55NO. The first-order valence-electron chi connectivity index (χ1n) is 13.1. The number of unbranched alkanes of at least 4 members (excludes halogenated alkanes) is 17. The van der Waals surface area contributed by atoms with E-state index >= 15 is 0 Å². The number of nitrogens with zero attached hydrogens (tertiary/aromatic N) is 1. The predicted octanol–water partition coefficient (Wildman–Crippen LogP) is 8.39. The van der Waals surface area contributed by atoms with Crippen molar-refractivity contribution in [3.8, 4) is 0 Å². The van der Waals surface area contributed by atoms with Crippen LogP contribution in [0.25, 0.3) is 0 Å². The smallest absolute Gasteiger partial charge is 0.0462 e. The summed E-state index contributed by atoms with van der Waals surface area (Å²) in [5.41, 5.74) is 0. The van der Waals surface area contributed by atoms with Crippen molar-refractivity contribution < 1.29 is 4.74 Å². The van der Waals surface area contributed by atoms with Gasteiger partial charge in [0.2, 0.25) is 0 Å². The summed E-state index contributed by atoms with van der Waals surface area (Å²) < 4.78 is 5.10. The number of methoxy groups -OCH3 is 1. The third-order valence-corrected chi connectivity index (χ3v) is 6.10. The summed E-state index contributed by atoms with van der Waals surface area (Å²) in [7, 11) is 1.80. The van der Waals surface area contributed by atoms with E-state index in [0.717, 1.165) is 6.61 Å². The molecule has 0 aliphatic heterocycles. The Bertz CT molecular complexity index is 269. The largest absolute Gasteiger partial charge is 0.385 e. The van der Waals surface area contributed by atoms with Crippen LogP contribution in [0.4, 0.5) is 0 Å². The molecule has 170 valence electrons. The molecule has 0 amide bonds. The lowest BCUT2D eigenvalue weighted by Crippen LogP contribution is -2.25. The van der Waals surface area contributed by atoms with E-state index in [9.17, 15) is 0 Å². The molecule has 0 fully saturated rings. The van der Waals surface area contributed by atoms with Crippen LogP contribution in [0, 0.1) is 0 Å². The molecule has 0 radical (unpaired) electrons. The Labute approximate surface area is 179 Å². The molecule has 0 N–H and O–H groups in total. The fourth-order valence-electron chi connectivity index (χ4n) is 4.07. The summed E-state index contributed by atoms with van der Waals surface area (Å²) in [6.45, 7) is 9.46. The van der Waals surface area contributed by atoms with Gasteiger partial charge in [0.25, 0.3) is 0 Å². The average molecular weight is 398 g/mol. The van der Waals surface area contributed by atoms with Gasteiger partial charge in [0.15, 0.2) is 0 Å². The number of hydrogen-bond donors (Lipinski definition) is 0. The van der Waals surface area contributed by atoms with Gasteiger partial charge in [-0.05, 0) is 38.9 Å². The van der Waals surface area contributed by atoms with Gasteiger partial charge in [-0.25, -0.2) is 0 Å². The maximum absolute atomic E-state index is 5.10. The van der Waals surface area contributed by atoms with Gasteiger partial charge in [-0.2, -0.15) is 0 Å². The lowest BCUT2D eigenvalue weighted by atomic mass is 10.1. The third-order valence-electron chi connectivity index (χ3n) is 6.10.